The number of allylic oxidation sites excluding steroid dienone is 1. The molecule has 7 nitrogen and oxygen atoms in total. The van der Waals surface area contributed by atoms with Crippen molar-refractivity contribution in [2.75, 3.05) is 5.01 Å². The van der Waals surface area contributed by atoms with Crippen LogP contribution in [-0.2, 0) is 16.0 Å². The van der Waals surface area contributed by atoms with Gasteiger partial charge in [0.1, 0.15) is 0 Å². The van der Waals surface area contributed by atoms with Gasteiger partial charge in [-0.2, -0.15) is 0 Å². The third-order valence-corrected chi connectivity index (χ3v) is 5.02. The van der Waals surface area contributed by atoms with Crippen molar-refractivity contribution >= 4 is 34.6 Å². The van der Waals surface area contributed by atoms with E-state index in [-0.39, 0.29) is 11.5 Å². The van der Waals surface area contributed by atoms with Gasteiger partial charge in [-0.1, -0.05) is 42.5 Å². The molecular weight excluding hydrogens is 394 g/mol. The van der Waals surface area contributed by atoms with E-state index in [2.05, 4.69) is 10.4 Å². The number of anilines is 2. The number of amides is 1. The maximum atomic E-state index is 13.3. The van der Waals surface area contributed by atoms with Gasteiger partial charge >= 0.3 is 5.97 Å². The van der Waals surface area contributed by atoms with Crippen molar-refractivity contribution in [3.63, 3.8) is 0 Å². The Morgan fingerprint density at radius 3 is 2.42 bits per heavy atom. The first-order valence-corrected chi connectivity index (χ1v) is 9.72. The molecule has 1 aromatic heterocycles. The fourth-order valence-corrected chi connectivity index (χ4v) is 3.63. The van der Waals surface area contributed by atoms with Gasteiger partial charge in [0, 0.05) is 17.3 Å². The Bertz CT molecular complexity index is 1130. The van der Waals surface area contributed by atoms with E-state index >= 15 is 0 Å². The summed E-state index contributed by atoms with van der Waals surface area (Å²) in [6.07, 6.45) is 6.11. The minimum absolute atomic E-state index is 0.121. The number of carbonyl (C=O) groups excluding carboxylic acids is 2. The van der Waals surface area contributed by atoms with E-state index in [1.165, 1.54) is 6.07 Å². The number of hydrogen-bond acceptors (Lipinski definition) is 5. The van der Waals surface area contributed by atoms with Crippen LogP contribution in [0.3, 0.4) is 0 Å². The van der Waals surface area contributed by atoms with E-state index in [0.717, 1.165) is 5.69 Å². The van der Waals surface area contributed by atoms with Gasteiger partial charge in [-0.05, 0) is 48.2 Å². The molecule has 0 atom stereocenters. The molecule has 0 aliphatic heterocycles. The second-order valence-electron chi connectivity index (χ2n) is 6.95. The summed E-state index contributed by atoms with van der Waals surface area (Å²) in [7, 11) is 0. The summed E-state index contributed by atoms with van der Waals surface area (Å²) < 4.78 is 0. The number of Topliss-reactive ketones (excluding diaryl/α,β-unsaturated/α-hetero) is 1. The maximum Gasteiger partial charge on any atom is 0.377 e. The SMILES string of the molecule is O=C(O)C(=O)c1cccc2c1CCC=C2C(=O)NN(c1ccccc1)c1cccnc1. The monoisotopic (exact) mass is 413 g/mol. The normalized spacial score (nSPS) is 12.3. The molecule has 31 heavy (non-hydrogen) atoms. The number of nitrogens with zero attached hydrogens (tertiary/aromatic N) is 2. The second-order valence-corrected chi connectivity index (χ2v) is 6.95. The largest absolute Gasteiger partial charge is 0.475 e. The highest BCUT2D eigenvalue weighted by atomic mass is 16.4. The Morgan fingerprint density at radius 2 is 1.71 bits per heavy atom. The van der Waals surface area contributed by atoms with Crippen molar-refractivity contribution < 1.29 is 19.5 Å². The fraction of sp³-hybridized carbons (Fsp3) is 0.0833. The van der Waals surface area contributed by atoms with Gasteiger partial charge in [0.25, 0.3) is 11.7 Å². The molecule has 1 aliphatic rings. The Hall–Kier alpha value is -4.26. The van der Waals surface area contributed by atoms with Gasteiger partial charge in [-0.15, -0.1) is 0 Å². The predicted molar refractivity (Wildman–Crippen MR) is 116 cm³/mol. The molecule has 0 saturated carbocycles. The summed E-state index contributed by atoms with van der Waals surface area (Å²) >= 11 is 0. The van der Waals surface area contributed by atoms with Crippen LogP contribution in [0.25, 0.3) is 5.57 Å². The Kier molecular flexibility index (Phi) is 5.57. The molecule has 4 rings (SSSR count). The van der Waals surface area contributed by atoms with Crippen LogP contribution in [0.2, 0.25) is 0 Å². The number of ketones is 1. The van der Waals surface area contributed by atoms with Crippen LogP contribution in [0, 0.1) is 0 Å². The zero-order chi connectivity index (χ0) is 21.8. The molecule has 1 heterocycles. The van der Waals surface area contributed by atoms with E-state index < -0.39 is 11.8 Å². The van der Waals surface area contributed by atoms with Gasteiger partial charge in [-0.3, -0.25) is 25.0 Å². The van der Waals surface area contributed by atoms with Crippen molar-refractivity contribution in [3.8, 4) is 0 Å². The number of carboxylic acids is 1. The van der Waals surface area contributed by atoms with E-state index in [1.807, 2.05) is 36.4 Å². The van der Waals surface area contributed by atoms with Crippen LogP contribution < -0.4 is 10.4 Å². The summed E-state index contributed by atoms with van der Waals surface area (Å²) in [4.78, 5) is 40.7. The average Bonchev–Trinajstić information content (AvgIpc) is 2.82. The lowest BCUT2D eigenvalue weighted by Crippen LogP contribution is -2.39. The number of carbonyl (C=O) groups is 3. The lowest BCUT2D eigenvalue weighted by atomic mass is 9.86. The molecule has 7 heteroatoms. The number of aliphatic carboxylic acids is 1. The van der Waals surface area contributed by atoms with Crippen LogP contribution >= 0.6 is 0 Å². The molecule has 1 aliphatic carbocycles. The highest BCUT2D eigenvalue weighted by molar-refractivity contribution is 6.40. The number of benzene rings is 2. The standard InChI is InChI=1S/C24H19N3O4/c28-22(24(30)31)20-12-4-11-19-18(20)10-5-13-21(19)23(29)26-27(16-7-2-1-3-8-16)17-9-6-14-25-15-17/h1-4,6-9,11-15H,5,10H2,(H,26,29)(H,30,31). The molecule has 154 valence electrons. The zero-order valence-electron chi connectivity index (χ0n) is 16.5. The highest BCUT2D eigenvalue weighted by Crippen LogP contribution is 2.30. The number of aromatic nitrogens is 1. The number of pyridine rings is 1. The quantitative estimate of drug-likeness (QED) is 0.364. The second kappa shape index (κ2) is 8.62. The lowest BCUT2D eigenvalue weighted by molar-refractivity contribution is -0.131. The van der Waals surface area contributed by atoms with Crippen molar-refractivity contribution in [1.29, 1.82) is 0 Å². The number of hydrazine groups is 1. The number of carboxylic acid groups (broad SMARTS) is 1. The minimum Gasteiger partial charge on any atom is -0.475 e. The predicted octanol–water partition coefficient (Wildman–Crippen LogP) is 3.55. The molecule has 1 amide bonds. The molecule has 2 aromatic carbocycles. The first-order valence-electron chi connectivity index (χ1n) is 9.72. The third kappa shape index (κ3) is 4.06. The van der Waals surface area contributed by atoms with Crippen LogP contribution in [-0.4, -0.2) is 27.8 Å². The zero-order valence-corrected chi connectivity index (χ0v) is 16.5. The van der Waals surface area contributed by atoms with E-state index in [1.54, 1.807) is 41.7 Å². The molecule has 0 unspecified atom stereocenters. The Labute approximate surface area is 178 Å². The maximum absolute atomic E-state index is 13.3. The van der Waals surface area contributed by atoms with E-state index in [4.69, 9.17) is 5.11 Å². The van der Waals surface area contributed by atoms with Crippen molar-refractivity contribution in [3.05, 3.63) is 95.8 Å². The number of fused-ring (bicyclic) bond motifs is 1. The molecule has 2 N–H and O–H groups in total. The summed E-state index contributed by atoms with van der Waals surface area (Å²) in [5, 5.41) is 10.8. The Morgan fingerprint density at radius 1 is 0.935 bits per heavy atom. The van der Waals surface area contributed by atoms with Crippen LogP contribution in [0.15, 0.2) is 79.1 Å². The van der Waals surface area contributed by atoms with Gasteiger partial charge < -0.3 is 5.11 Å². The summed E-state index contributed by atoms with van der Waals surface area (Å²) in [6.45, 7) is 0. The van der Waals surface area contributed by atoms with E-state index in [9.17, 15) is 14.4 Å². The summed E-state index contributed by atoms with van der Waals surface area (Å²) in [5.74, 6) is -2.85. The topological polar surface area (TPSA) is 99.6 Å². The number of rotatable bonds is 6. The smallest absolute Gasteiger partial charge is 0.377 e. The Balaban J connectivity index is 1.69. The first kappa shape index (κ1) is 20.0. The number of para-hydroxylation sites is 1. The molecule has 3 aromatic rings. The van der Waals surface area contributed by atoms with Crippen LogP contribution in [0.4, 0.5) is 11.4 Å². The lowest BCUT2D eigenvalue weighted by Gasteiger charge is -2.27. The summed E-state index contributed by atoms with van der Waals surface area (Å²) in [6, 6.07) is 17.8. The van der Waals surface area contributed by atoms with Crippen LogP contribution in [0.5, 0.6) is 0 Å². The first-order chi connectivity index (χ1) is 15.1. The summed E-state index contributed by atoms with van der Waals surface area (Å²) in [5.41, 5.74) is 6.00. The van der Waals surface area contributed by atoms with Gasteiger partial charge in [0.2, 0.25) is 0 Å². The fourth-order valence-electron chi connectivity index (χ4n) is 3.63. The third-order valence-electron chi connectivity index (χ3n) is 5.02. The molecule has 0 spiro atoms. The molecule has 0 saturated heterocycles. The molecule has 0 fully saturated rings. The highest BCUT2D eigenvalue weighted by Gasteiger charge is 2.26. The van der Waals surface area contributed by atoms with Crippen molar-refractivity contribution in [2.45, 2.75) is 12.8 Å². The molecular formula is C24H19N3O4. The van der Waals surface area contributed by atoms with Crippen molar-refractivity contribution in [2.24, 2.45) is 0 Å². The van der Waals surface area contributed by atoms with Gasteiger partial charge in [0.15, 0.2) is 0 Å². The van der Waals surface area contributed by atoms with Gasteiger partial charge in [0.05, 0.1) is 17.6 Å². The van der Waals surface area contributed by atoms with Gasteiger partial charge in [-0.25, -0.2) is 4.79 Å². The minimum atomic E-state index is -1.51. The van der Waals surface area contributed by atoms with E-state index in [0.29, 0.717) is 35.2 Å². The van der Waals surface area contributed by atoms with Crippen LogP contribution in [0.1, 0.15) is 27.9 Å². The van der Waals surface area contributed by atoms with Crippen molar-refractivity contribution in [1.82, 2.24) is 10.4 Å². The number of hydrogen-bond donors (Lipinski definition) is 2. The average molecular weight is 413 g/mol. The number of nitrogens with one attached hydrogen (secondary N) is 1. The molecule has 0 radical (unpaired) electrons. The molecule has 0 bridgehead atoms.